The Morgan fingerprint density at radius 3 is 2.89 bits per heavy atom. The van der Waals surface area contributed by atoms with Crippen molar-refractivity contribution in [3.05, 3.63) is 21.9 Å². The van der Waals surface area contributed by atoms with Crippen LogP contribution in [0.2, 0.25) is 5.15 Å². The third-order valence-corrected chi connectivity index (χ3v) is 5.27. The number of sulfonamides is 1. The topological polar surface area (TPSA) is 59.1 Å². The number of aromatic nitrogens is 1. The van der Waals surface area contributed by atoms with Gasteiger partial charge in [-0.2, -0.15) is 11.8 Å². The predicted molar refractivity (Wildman–Crippen MR) is 79.7 cm³/mol. The smallest absolute Gasteiger partial charge is 0.242 e. The highest BCUT2D eigenvalue weighted by molar-refractivity contribution is 9.10. The van der Waals surface area contributed by atoms with Crippen molar-refractivity contribution >= 4 is 49.3 Å². The Bertz CT molecular complexity index is 511. The number of thioether (sulfide) groups is 1. The molecule has 8 heteroatoms. The zero-order valence-corrected chi connectivity index (χ0v) is 14.0. The van der Waals surface area contributed by atoms with Crippen LogP contribution in [-0.2, 0) is 10.0 Å². The summed E-state index contributed by atoms with van der Waals surface area (Å²) in [6, 6.07) is 1.30. The number of nitrogens with one attached hydrogen (secondary N) is 1. The van der Waals surface area contributed by atoms with E-state index < -0.39 is 10.0 Å². The van der Waals surface area contributed by atoms with Crippen LogP contribution in [-0.4, -0.2) is 31.5 Å². The van der Waals surface area contributed by atoms with E-state index in [9.17, 15) is 8.42 Å². The first kappa shape index (κ1) is 16.2. The maximum absolute atomic E-state index is 12.1. The minimum Gasteiger partial charge on any atom is -0.242 e. The standard InChI is InChI=1S/C10H14BrClN2O2S2/c1-7(3-4-17-2)14-18(15,16)9-5-8(11)6-13-10(9)12/h5-7,14H,3-4H2,1-2H3. The van der Waals surface area contributed by atoms with Crippen molar-refractivity contribution in [3.8, 4) is 0 Å². The second kappa shape index (κ2) is 7.09. The van der Waals surface area contributed by atoms with Gasteiger partial charge < -0.3 is 0 Å². The molecule has 0 aromatic carbocycles. The molecule has 1 rings (SSSR count). The normalized spacial score (nSPS) is 13.6. The first-order valence-corrected chi connectivity index (χ1v) is 9.24. The molecule has 1 aromatic heterocycles. The minimum absolute atomic E-state index is 0.00505. The average molecular weight is 374 g/mol. The van der Waals surface area contributed by atoms with Gasteiger partial charge >= 0.3 is 0 Å². The van der Waals surface area contributed by atoms with E-state index in [1.54, 1.807) is 11.8 Å². The Morgan fingerprint density at radius 2 is 2.28 bits per heavy atom. The summed E-state index contributed by atoms with van der Waals surface area (Å²) in [5.74, 6) is 0.897. The SMILES string of the molecule is CSCCC(C)NS(=O)(=O)c1cc(Br)cnc1Cl. The van der Waals surface area contributed by atoms with Gasteiger partial charge in [-0.1, -0.05) is 11.6 Å². The number of nitrogens with zero attached hydrogens (tertiary/aromatic N) is 1. The van der Waals surface area contributed by atoms with E-state index in [0.29, 0.717) is 4.47 Å². The fraction of sp³-hybridized carbons (Fsp3) is 0.500. The molecule has 18 heavy (non-hydrogen) atoms. The van der Waals surface area contributed by atoms with E-state index in [4.69, 9.17) is 11.6 Å². The quantitative estimate of drug-likeness (QED) is 0.779. The predicted octanol–water partition coefficient (Wildman–Crippen LogP) is 2.92. The lowest BCUT2D eigenvalue weighted by Gasteiger charge is -2.14. The molecular formula is C10H14BrClN2O2S2. The third kappa shape index (κ3) is 4.70. The van der Waals surface area contributed by atoms with E-state index in [1.807, 2.05) is 13.2 Å². The van der Waals surface area contributed by atoms with Gasteiger partial charge in [0.25, 0.3) is 0 Å². The average Bonchev–Trinajstić information content (AvgIpc) is 2.29. The van der Waals surface area contributed by atoms with Crippen LogP contribution in [0.5, 0.6) is 0 Å². The summed E-state index contributed by atoms with van der Waals surface area (Å²) in [7, 11) is -3.63. The zero-order valence-electron chi connectivity index (χ0n) is 9.98. The Kier molecular flexibility index (Phi) is 6.40. The third-order valence-electron chi connectivity index (χ3n) is 2.17. The van der Waals surface area contributed by atoms with Gasteiger partial charge in [0.15, 0.2) is 0 Å². The van der Waals surface area contributed by atoms with E-state index in [1.165, 1.54) is 12.3 Å². The Morgan fingerprint density at radius 1 is 1.61 bits per heavy atom. The highest BCUT2D eigenvalue weighted by atomic mass is 79.9. The van der Waals surface area contributed by atoms with E-state index >= 15 is 0 Å². The summed E-state index contributed by atoms with van der Waals surface area (Å²) >= 11 is 10.7. The summed E-state index contributed by atoms with van der Waals surface area (Å²) in [6.07, 6.45) is 4.20. The lowest BCUT2D eigenvalue weighted by molar-refractivity contribution is 0.556. The second-order valence-corrected chi connectivity index (χ2v) is 7.69. The highest BCUT2D eigenvalue weighted by Crippen LogP contribution is 2.22. The van der Waals surface area contributed by atoms with Crippen LogP contribution >= 0.6 is 39.3 Å². The Labute approximate surface area is 125 Å². The molecule has 1 aromatic rings. The second-order valence-electron chi connectivity index (χ2n) is 3.75. The van der Waals surface area contributed by atoms with Crippen LogP contribution in [0.15, 0.2) is 21.6 Å². The summed E-state index contributed by atoms with van der Waals surface area (Å²) in [4.78, 5) is 3.80. The molecule has 0 aliphatic carbocycles. The molecule has 1 N–H and O–H groups in total. The summed E-state index contributed by atoms with van der Waals surface area (Å²) < 4.78 is 27.4. The fourth-order valence-corrected chi connectivity index (χ4v) is 4.09. The number of halogens is 2. The maximum Gasteiger partial charge on any atom is 0.243 e. The van der Waals surface area contributed by atoms with Crippen LogP contribution in [0.4, 0.5) is 0 Å². The molecule has 102 valence electrons. The summed E-state index contributed by atoms with van der Waals surface area (Å²) in [6.45, 7) is 1.83. The van der Waals surface area contributed by atoms with Gasteiger partial charge in [-0.25, -0.2) is 18.1 Å². The van der Waals surface area contributed by atoms with Gasteiger partial charge in [0.1, 0.15) is 10.0 Å². The van der Waals surface area contributed by atoms with E-state index in [0.717, 1.165) is 12.2 Å². The van der Waals surface area contributed by atoms with Gasteiger partial charge in [0.05, 0.1) is 0 Å². The molecule has 0 amide bonds. The maximum atomic E-state index is 12.1. The van der Waals surface area contributed by atoms with Crippen LogP contribution in [0.25, 0.3) is 0 Å². The number of hydrogen-bond donors (Lipinski definition) is 1. The zero-order chi connectivity index (χ0) is 13.8. The molecular weight excluding hydrogens is 360 g/mol. The monoisotopic (exact) mass is 372 g/mol. The lowest BCUT2D eigenvalue weighted by Crippen LogP contribution is -2.33. The first-order chi connectivity index (χ1) is 8.36. The molecule has 0 fully saturated rings. The van der Waals surface area contributed by atoms with Crippen molar-refractivity contribution in [1.82, 2.24) is 9.71 Å². The molecule has 1 atom stereocenters. The van der Waals surface area contributed by atoms with Crippen LogP contribution < -0.4 is 4.72 Å². The van der Waals surface area contributed by atoms with Crippen molar-refractivity contribution in [2.45, 2.75) is 24.3 Å². The van der Waals surface area contributed by atoms with Crippen molar-refractivity contribution in [2.24, 2.45) is 0 Å². The Hall–Kier alpha value is 0.180. The van der Waals surface area contributed by atoms with Crippen molar-refractivity contribution in [1.29, 1.82) is 0 Å². The summed E-state index contributed by atoms with van der Waals surface area (Å²) in [5, 5.41) is -0.0252. The van der Waals surface area contributed by atoms with Crippen molar-refractivity contribution in [2.75, 3.05) is 12.0 Å². The highest BCUT2D eigenvalue weighted by Gasteiger charge is 2.21. The van der Waals surface area contributed by atoms with Crippen LogP contribution in [0.3, 0.4) is 0 Å². The number of rotatable bonds is 6. The largest absolute Gasteiger partial charge is 0.243 e. The molecule has 1 unspecified atom stereocenters. The minimum atomic E-state index is -3.63. The van der Waals surface area contributed by atoms with Gasteiger partial charge in [0, 0.05) is 16.7 Å². The van der Waals surface area contributed by atoms with Gasteiger partial charge in [-0.3, -0.25) is 0 Å². The molecule has 0 bridgehead atoms. The van der Waals surface area contributed by atoms with E-state index in [2.05, 4.69) is 25.6 Å². The van der Waals surface area contributed by atoms with Crippen LogP contribution in [0, 0.1) is 0 Å². The van der Waals surface area contributed by atoms with Crippen LogP contribution in [0.1, 0.15) is 13.3 Å². The molecule has 0 saturated carbocycles. The summed E-state index contributed by atoms with van der Waals surface area (Å²) in [5.41, 5.74) is 0. The number of hydrogen-bond acceptors (Lipinski definition) is 4. The fourth-order valence-electron chi connectivity index (χ4n) is 1.27. The lowest BCUT2D eigenvalue weighted by atomic mass is 10.3. The van der Waals surface area contributed by atoms with Gasteiger partial charge in [-0.15, -0.1) is 0 Å². The molecule has 0 spiro atoms. The molecule has 1 heterocycles. The van der Waals surface area contributed by atoms with E-state index in [-0.39, 0.29) is 16.1 Å². The molecule has 0 radical (unpaired) electrons. The molecule has 0 aliphatic heterocycles. The molecule has 0 saturated heterocycles. The van der Waals surface area contributed by atoms with Gasteiger partial charge in [0.2, 0.25) is 10.0 Å². The molecule has 0 aliphatic rings. The first-order valence-electron chi connectivity index (χ1n) is 5.19. The van der Waals surface area contributed by atoms with Crippen molar-refractivity contribution in [3.63, 3.8) is 0 Å². The van der Waals surface area contributed by atoms with Crippen molar-refractivity contribution < 1.29 is 8.42 Å². The number of pyridine rings is 1. The van der Waals surface area contributed by atoms with Gasteiger partial charge in [-0.05, 0) is 47.3 Å². The Balaban J connectivity index is 2.89. The molecule has 4 nitrogen and oxygen atoms in total.